The Kier molecular flexibility index (Phi) is 3.68. The lowest BCUT2D eigenvalue weighted by Crippen LogP contribution is -2.10. The molecule has 104 valence electrons. The second kappa shape index (κ2) is 5.13. The molecule has 1 aromatic carbocycles. The molecule has 2 rings (SSSR count). The first-order valence-electron chi connectivity index (χ1n) is 5.79. The number of hydrogen-bond acceptors (Lipinski definition) is 2. The van der Waals surface area contributed by atoms with E-state index < -0.39 is 17.3 Å². The molecule has 0 saturated heterocycles. The number of hydrogen-bond donors (Lipinski definition) is 1. The molecule has 1 heterocycles. The highest BCUT2D eigenvalue weighted by atomic mass is 32.1. The first kappa shape index (κ1) is 14.3. The van der Waals surface area contributed by atoms with Gasteiger partial charge in [0.1, 0.15) is 0 Å². The Balaban J connectivity index is 2.69. The number of aromatic amines is 1. The fourth-order valence-corrected chi connectivity index (χ4v) is 2.23. The number of aryl methyl sites for hydroxylation is 1. The Labute approximate surface area is 118 Å². The van der Waals surface area contributed by atoms with Crippen LogP contribution in [0.2, 0.25) is 0 Å². The molecule has 2 aromatic rings. The largest absolute Gasteiger partial charge is 0.417 e. The van der Waals surface area contributed by atoms with E-state index in [1.54, 1.807) is 12.3 Å². The van der Waals surface area contributed by atoms with E-state index in [4.69, 9.17) is 17.5 Å². The second-order valence-corrected chi connectivity index (χ2v) is 4.50. The summed E-state index contributed by atoms with van der Waals surface area (Å²) in [6.45, 7) is 1.88. The van der Waals surface area contributed by atoms with Gasteiger partial charge in [0.2, 0.25) is 0 Å². The maximum Gasteiger partial charge on any atom is 0.417 e. The molecule has 0 unspecified atom stereocenters. The van der Waals surface area contributed by atoms with Gasteiger partial charge < -0.3 is 4.98 Å². The molecule has 0 amide bonds. The van der Waals surface area contributed by atoms with Crippen LogP contribution in [0.1, 0.15) is 23.7 Å². The number of aromatic nitrogens is 2. The fraction of sp³-hybridized carbons (Fsp3) is 0.231. The molecule has 0 aliphatic rings. The fourth-order valence-electron chi connectivity index (χ4n) is 1.95. The molecule has 0 aliphatic carbocycles. The van der Waals surface area contributed by atoms with Crippen LogP contribution in [0.3, 0.4) is 0 Å². The van der Waals surface area contributed by atoms with Crippen LogP contribution < -0.4 is 0 Å². The third kappa shape index (κ3) is 2.47. The molecule has 0 spiro atoms. The summed E-state index contributed by atoms with van der Waals surface area (Å²) in [6, 6.07) is 5.11. The van der Waals surface area contributed by atoms with Crippen LogP contribution in [-0.2, 0) is 12.6 Å². The molecule has 0 fully saturated rings. The standard InChI is InChI=1S/C13H10F3N3S/c1-2-9-7-18-12(20)19(9)10-4-3-8(6-17)11(5-10)13(14,15)16/h3-5,7H,2H2,1H3,(H,18,20). The molecule has 0 aliphatic heterocycles. The molecule has 20 heavy (non-hydrogen) atoms. The van der Waals surface area contributed by atoms with Crippen molar-refractivity contribution in [2.45, 2.75) is 19.5 Å². The summed E-state index contributed by atoms with van der Waals surface area (Å²) in [7, 11) is 0. The van der Waals surface area contributed by atoms with Crippen molar-refractivity contribution in [2.24, 2.45) is 0 Å². The molecule has 3 nitrogen and oxygen atoms in total. The van der Waals surface area contributed by atoms with Gasteiger partial charge in [-0.1, -0.05) is 6.92 Å². The first-order chi connectivity index (χ1) is 9.38. The van der Waals surface area contributed by atoms with E-state index in [1.165, 1.54) is 10.6 Å². The highest BCUT2D eigenvalue weighted by Crippen LogP contribution is 2.33. The van der Waals surface area contributed by atoms with Crippen LogP contribution in [0, 0.1) is 16.1 Å². The lowest BCUT2D eigenvalue weighted by Gasteiger charge is -2.12. The summed E-state index contributed by atoms with van der Waals surface area (Å²) in [6.07, 6.45) is -2.30. The Bertz CT molecular complexity index is 735. The smallest absolute Gasteiger partial charge is 0.337 e. The van der Waals surface area contributed by atoms with Crippen molar-refractivity contribution in [3.05, 3.63) is 46.0 Å². The van der Waals surface area contributed by atoms with Gasteiger partial charge in [-0.2, -0.15) is 18.4 Å². The predicted octanol–water partition coefficient (Wildman–Crippen LogP) is 3.99. The van der Waals surface area contributed by atoms with Crippen LogP contribution in [-0.4, -0.2) is 9.55 Å². The zero-order valence-electron chi connectivity index (χ0n) is 10.5. The van der Waals surface area contributed by atoms with E-state index >= 15 is 0 Å². The minimum atomic E-state index is -4.58. The van der Waals surface area contributed by atoms with Gasteiger partial charge in [-0.05, 0) is 36.8 Å². The molecular weight excluding hydrogens is 287 g/mol. The van der Waals surface area contributed by atoms with Crippen LogP contribution in [0.25, 0.3) is 5.69 Å². The van der Waals surface area contributed by atoms with E-state index in [0.717, 1.165) is 17.8 Å². The van der Waals surface area contributed by atoms with Crippen molar-refractivity contribution in [1.82, 2.24) is 9.55 Å². The van der Waals surface area contributed by atoms with E-state index in [0.29, 0.717) is 16.9 Å². The van der Waals surface area contributed by atoms with Crippen molar-refractivity contribution >= 4 is 12.2 Å². The van der Waals surface area contributed by atoms with Crippen molar-refractivity contribution in [3.63, 3.8) is 0 Å². The van der Waals surface area contributed by atoms with Crippen LogP contribution in [0.4, 0.5) is 13.2 Å². The van der Waals surface area contributed by atoms with Gasteiger partial charge in [-0.25, -0.2) is 0 Å². The zero-order chi connectivity index (χ0) is 14.9. The normalized spacial score (nSPS) is 11.3. The number of rotatable bonds is 2. The number of nitrogens with zero attached hydrogens (tertiary/aromatic N) is 2. The van der Waals surface area contributed by atoms with Crippen LogP contribution >= 0.6 is 12.2 Å². The lowest BCUT2D eigenvalue weighted by atomic mass is 10.1. The minimum Gasteiger partial charge on any atom is -0.337 e. The number of H-pyrrole nitrogens is 1. The third-order valence-corrected chi connectivity index (χ3v) is 3.20. The lowest BCUT2D eigenvalue weighted by molar-refractivity contribution is -0.137. The summed E-state index contributed by atoms with van der Waals surface area (Å²) in [5.41, 5.74) is -0.295. The number of nitrogens with one attached hydrogen (secondary N) is 1. The molecule has 0 bridgehead atoms. The van der Waals surface area contributed by atoms with Crippen molar-refractivity contribution < 1.29 is 13.2 Å². The predicted molar refractivity (Wildman–Crippen MR) is 70.0 cm³/mol. The summed E-state index contributed by atoms with van der Waals surface area (Å²) >= 11 is 5.08. The molecule has 7 heteroatoms. The number of nitriles is 1. The van der Waals surface area contributed by atoms with Crippen molar-refractivity contribution in [2.75, 3.05) is 0 Å². The van der Waals surface area contributed by atoms with Crippen LogP contribution in [0.5, 0.6) is 0 Å². The van der Waals surface area contributed by atoms with Gasteiger partial charge >= 0.3 is 6.18 Å². The van der Waals surface area contributed by atoms with Gasteiger partial charge in [-0.3, -0.25) is 4.57 Å². The average Bonchev–Trinajstić information content (AvgIpc) is 2.78. The monoisotopic (exact) mass is 297 g/mol. The molecular formula is C13H10F3N3S. The number of imidazole rings is 1. The van der Waals surface area contributed by atoms with Gasteiger partial charge in [-0.15, -0.1) is 0 Å². The van der Waals surface area contributed by atoms with E-state index in [2.05, 4.69) is 4.98 Å². The Morgan fingerprint density at radius 2 is 2.10 bits per heavy atom. The molecule has 1 N–H and O–H groups in total. The van der Waals surface area contributed by atoms with Crippen LogP contribution in [0.15, 0.2) is 24.4 Å². The van der Waals surface area contributed by atoms with E-state index in [9.17, 15) is 13.2 Å². The number of benzene rings is 1. The van der Waals surface area contributed by atoms with Gasteiger partial charge in [0.05, 0.1) is 17.2 Å². The molecule has 0 radical (unpaired) electrons. The zero-order valence-corrected chi connectivity index (χ0v) is 11.3. The van der Waals surface area contributed by atoms with E-state index in [1.807, 2.05) is 6.92 Å². The SMILES string of the molecule is CCc1c[nH]c(=S)n1-c1ccc(C#N)c(C(F)(F)F)c1. The highest BCUT2D eigenvalue weighted by Gasteiger charge is 2.34. The average molecular weight is 297 g/mol. The van der Waals surface area contributed by atoms with Crippen molar-refractivity contribution in [3.8, 4) is 11.8 Å². The molecule has 0 atom stereocenters. The topological polar surface area (TPSA) is 44.5 Å². The van der Waals surface area contributed by atoms with Crippen molar-refractivity contribution in [1.29, 1.82) is 5.26 Å². The van der Waals surface area contributed by atoms with Gasteiger partial charge in [0, 0.05) is 17.6 Å². The molecule has 0 saturated carbocycles. The van der Waals surface area contributed by atoms with Gasteiger partial charge in [0.25, 0.3) is 0 Å². The number of alkyl halides is 3. The molecule has 1 aromatic heterocycles. The quantitative estimate of drug-likeness (QED) is 0.852. The first-order valence-corrected chi connectivity index (χ1v) is 6.20. The van der Waals surface area contributed by atoms with E-state index in [-0.39, 0.29) is 0 Å². The Morgan fingerprint density at radius 1 is 1.40 bits per heavy atom. The summed E-state index contributed by atoms with van der Waals surface area (Å²) in [4.78, 5) is 2.80. The maximum atomic E-state index is 12.9. The highest BCUT2D eigenvalue weighted by molar-refractivity contribution is 7.71. The Morgan fingerprint density at radius 3 is 2.65 bits per heavy atom. The minimum absolute atomic E-state index is 0.291. The number of halogens is 3. The van der Waals surface area contributed by atoms with Gasteiger partial charge in [0.15, 0.2) is 4.77 Å². The summed E-state index contributed by atoms with van der Waals surface area (Å²) in [5, 5.41) is 8.78. The third-order valence-electron chi connectivity index (χ3n) is 2.90. The second-order valence-electron chi connectivity index (χ2n) is 4.11. The maximum absolute atomic E-state index is 12.9. The summed E-state index contributed by atoms with van der Waals surface area (Å²) < 4.78 is 40.7. The Hall–Kier alpha value is -2.07. The summed E-state index contributed by atoms with van der Waals surface area (Å²) in [5.74, 6) is 0.